The van der Waals surface area contributed by atoms with E-state index in [9.17, 15) is 10.5 Å². The molecule has 0 N–H and O–H groups in total. The second-order valence-corrected chi connectivity index (χ2v) is 12.7. The van der Waals surface area contributed by atoms with Crippen LogP contribution in [0.2, 0.25) is 0 Å². The zero-order chi connectivity index (χ0) is 32.4. The van der Waals surface area contributed by atoms with Crippen molar-refractivity contribution in [3.63, 3.8) is 0 Å². The number of hydrogen-bond acceptors (Lipinski definition) is 5. The molecule has 2 aliphatic carbocycles. The maximum Gasteiger partial charge on any atom is 0.234 e. The van der Waals surface area contributed by atoms with Crippen molar-refractivity contribution in [2.45, 2.75) is 5.41 Å². The van der Waals surface area contributed by atoms with Crippen LogP contribution in [0.25, 0.3) is 71.8 Å². The van der Waals surface area contributed by atoms with Crippen LogP contribution in [-0.4, -0.2) is 14.5 Å². The smallest absolute Gasteiger partial charge is 0.234 e. The molecule has 0 saturated carbocycles. The first kappa shape index (κ1) is 26.1. The van der Waals surface area contributed by atoms with Gasteiger partial charge in [0, 0.05) is 27.4 Å². The van der Waals surface area contributed by atoms with Crippen molar-refractivity contribution in [2.24, 2.45) is 0 Å². The third-order valence-corrected chi connectivity index (χ3v) is 10.6. The number of nitriles is 2. The molecule has 0 amide bonds. The predicted molar refractivity (Wildman–Crippen MR) is 189 cm³/mol. The van der Waals surface area contributed by atoms with Gasteiger partial charge in [-0.1, -0.05) is 103 Å². The lowest BCUT2D eigenvalue weighted by molar-refractivity contribution is 0.663. The number of hydrogen-bond donors (Lipinski definition) is 0. The van der Waals surface area contributed by atoms with E-state index in [1.54, 1.807) is 0 Å². The number of aromatic nitrogens is 3. The molecule has 6 nitrogen and oxygen atoms in total. The third-order valence-electron chi connectivity index (χ3n) is 10.6. The zero-order valence-corrected chi connectivity index (χ0v) is 25.8. The molecule has 9 aromatic rings. The van der Waals surface area contributed by atoms with Crippen LogP contribution in [-0.2, 0) is 5.41 Å². The Hall–Kier alpha value is -7.02. The van der Waals surface area contributed by atoms with E-state index in [4.69, 9.17) is 4.42 Å². The lowest BCUT2D eigenvalue weighted by Gasteiger charge is -2.30. The fourth-order valence-electron chi connectivity index (χ4n) is 8.80. The van der Waals surface area contributed by atoms with Crippen molar-refractivity contribution in [1.82, 2.24) is 14.5 Å². The molecule has 0 atom stereocenters. The van der Waals surface area contributed by atoms with Gasteiger partial charge in [0.05, 0.1) is 16.4 Å². The van der Waals surface area contributed by atoms with Crippen molar-refractivity contribution in [1.29, 1.82) is 10.5 Å². The average molecular weight is 624 g/mol. The van der Waals surface area contributed by atoms with Crippen molar-refractivity contribution in [2.75, 3.05) is 0 Å². The molecule has 6 aromatic carbocycles. The van der Waals surface area contributed by atoms with Gasteiger partial charge in [0.2, 0.25) is 5.82 Å². The van der Waals surface area contributed by atoms with E-state index >= 15 is 0 Å². The van der Waals surface area contributed by atoms with Crippen LogP contribution in [0.5, 0.6) is 0 Å². The second-order valence-electron chi connectivity index (χ2n) is 12.7. The Kier molecular flexibility index (Phi) is 4.83. The molecule has 0 saturated heterocycles. The Morgan fingerprint density at radius 2 is 1.27 bits per heavy atom. The van der Waals surface area contributed by atoms with Gasteiger partial charge < -0.3 is 8.98 Å². The van der Waals surface area contributed by atoms with E-state index in [0.29, 0.717) is 11.1 Å². The van der Waals surface area contributed by atoms with Crippen molar-refractivity contribution in [3.8, 4) is 40.1 Å². The van der Waals surface area contributed by atoms with Crippen molar-refractivity contribution in [3.05, 3.63) is 161 Å². The summed E-state index contributed by atoms with van der Waals surface area (Å²) in [5.74, 6) is -0.0640. The SMILES string of the molecule is N#Cc1nc(C#N)c2oc3ccc(-n4c5ccccc5c5ccc6c(c54)-c4ccccc4C64c5ccccc5-c5ccccc54)cc3c2n1. The summed E-state index contributed by atoms with van der Waals surface area (Å²) >= 11 is 0. The van der Waals surface area contributed by atoms with E-state index < -0.39 is 5.41 Å². The molecule has 3 aromatic heterocycles. The molecule has 6 heteroatoms. The largest absolute Gasteiger partial charge is 0.451 e. The van der Waals surface area contributed by atoms with E-state index in [-0.39, 0.29) is 17.1 Å². The first-order valence-electron chi connectivity index (χ1n) is 16.1. The van der Waals surface area contributed by atoms with E-state index in [0.717, 1.165) is 27.5 Å². The molecular formula is C43H21N5O. The molecule has 49 heavy (non-hydrogen) atoms. The number of para-hydroxylation sites is 1. The summed E-state index contributed by atoms with van der Waals surface area (Å²) in [5, 5.41) is 22.5. The van der Waals surface area contributed by atoms with Crippen LogP contribution < -0.4 is 0 Å². The Labute approximate surface area is 279 Å². The van der Waals surface area contributed by atoms with Gasteiger partial charge in [-0.25, -0.2) is 9.97 Å². The highest BCUT2D eigenvalue weighted by molar-refractivity contribution is 6.17. The number of rotatable bonds is 1. The quantitative estimate of drug-likeness (QED) is 0.182. The predicted octanol–water partition coefficient (Wildman–Crippen LogP) is 9.56. The summed E-state index contributed by atoms with van der Waals surface area (Å²) in [5.41, 5.74) is 14.2. The Morgan fingerprint density at radius 1 is 0.592 bits per heavy atom. The van der Waals surface area contributed by atoms with E-state index in [1.165, 1.54) is 49.9 Å². The summed E-state index contributed by atoms with van der Waals surface area (Å²) in [6.45, 7) is 0. The summed E-state index contributed by atoms with van der Waals surface area (Å²) in [6.07, 6.45) is 0. The minimum atomic E-state index is -0.461. The second kappa shape index (κ2) is 9.07. The van der Waals surface area contributed by atoms with Crippen molar-refractivity contribution < 1.29 is 4.42 Å². The molecule has 1 spiro atoms. The zero-order valence-electron chi connectivity index (χ0n) is 25.8. The summed E-state index contributed by atoms with van der Waals surface area (Å²) in [6, 6.07) is 49.8. The topological polar surface area (TPSA) is 91.4 Å². The first-order chi connectivity index (χ1) is 24.2. The molecule has 224 valence electrons. The van der Waals surface area contributed by atoms with Crippen LogP contribution in [0.4, 0.5) is 0 Å². The highest BCUT2D eigenvalue weighted by atomic mass is 16.3. The highest BCUT2D eigenvalue weighted by Gasteiger charge is 2.52. The lowest BCUT2D eigenvalue weighted by Crippen LogP contribution is -2.25. The number of nitrogens with zero attached hydrogens (tertiary/aromatic N) is 5. The van der Waals surface area contributed by atoms with Crippen molar-refractivity contribution >= 4 is 43.9 Å². The van der Waals surface area contributed by atoms with Gasteiger partial charge in [-0.15, -0.1) is 0 Å². The summed E-state index contributed by atoms with van der Waals surface area (Å²) in [7, 11) is 0. The molecule has 0 bridgehead atoms. The molecular weight excluding hydrogens is 603 g/mol. The average Bonchev–Trinajstić information content (AvgIpc) is 3.87. The summed E-state index contributed by atoms with van der Waals surface area (Å²) in [4.78, 5) is 8.57. The van der Waals surface area contributed by atoms with Crippen LogP contribution in [0, 0.1) is 22.7 Å². The van der Waals surface area contributed by atoms with Gasteiger partial charge in [0.25, 0.3) is 0 Å². The normalized spacial score (nSPS) is 13.4. The third kappa shape index (κ3) is 3.05. The minimum Gasteiger partial charge on any atom is -0.451 e. The first-order valence-corrected chi connectivity index (χ1v) is 16.1. The van der Waals surface area contributed by atoms with Crippen LogP contribution in [0.1, 0.15) is 33.8 Å². The van der Waals surface area contributed by atoms with Gasteiger partial charge in [0.15, 0.2) is 11.3 Å². The van der Waals surface area contributed by atoms with Gasteiger partial charge >= 0.3 is 0 Å². The van der Waals surface area contributed by atoms with Gasteiger partial charge in [-0.05, 0) is 63.2 Å². The maximum atomic E-state index is 9.79. The number of fused-ring (bicyclic) bond motifs is 17. The molecule has 0 aliphatic heterocycles. The maximum absolute atomic E-state index is 9.79. The van der Waals surface area contributed by atoms with Crippen LogP contribution >= 0.6 is 0 Å². The fraction of sp³-hybridized carbons (Fsp3) is 0.0233. The Morgan fingerprint density at radius 3 is 2.00 bits per heavy atom. The Bertz CT molecular complexity index is 3000. The Balaban J connectivity index is 1.30. The molecule has 0 radical (unpaired) electrons. The molecule has 0 unspecified atom stereocenters. The van der Waals surface area contributed by atoms with Crippen LogP contribution in [0.15, 0.2) is 132 Å². The molecule has 2 aliphatic rings. The number of benzene rings is 6. The van der Waals surface area contributed by atoms with E-state index in [1.807, 2.05) is 12.1 Å². The number of furan rings is 1. The standard InChI is InChI=1S/C43H21N5O/c44-22-35-42-40(47-38(23-45)46-35)30-21-24(17-20-37(30)49-42)48-36-16-8-4-11-27(36)28-18-19-34-39(41(28)48)29-12-3-7-15-33(29)43(34)31-13-5-1-9-25(31)26-10-2-6-14-32(26)43/h1-21H. The van der Waals surface area contributed by atoms with E-state index in [2.05, 4.69) is 142 Å². The molecule has 11 rings (SSSR count). The van der Waals surface area contributed by atoms with Crippen LogP contribution in [0.3, 0.4) is 0 Å². The summed E-state index contributed by atoms with van der Waals surface area (Å²) < 4.78 is 8.45. The lowest BCUT2D eigenvalue weighted by atomic mass is 9.70. The highest BCUT2D eigenvalue weighted by Crippen LogP contribution is 2.64. The minimum absolute atomic E-state index is 0.0491. The molecule has 3 heterocycles. The van der Waals surface area contributed by atoms with Gasteiger partial charge in [-0.2, -0.15) is 10.5 Å². The molecule has 0 fully saturated rings. The van der Waals surface area contributed by atoms with Gasteiger partial charge in [-0.3, -0.25) is 0 Å². The van der Waals surface area contributed by atoms with Gasteiger partial charge in [0.1, 0.15) is 23.2 Å². The monoisotopic (exact) mass is 623 g/mol. The fourth-order valence-corrected chi connectivity index (χ4v) is 8.80.